The average molecular weight is 350 g/mol. The molecule has 2 nitrogen and oxygen atoms in total. The first kappa shape index (κ1) is 14.5. The Kier molecular flexibility index (Phi) is 4.63. The van der Waals surface area contributed by atoms with Crippen molar-refractivity contribution in [3.05, 3.63) is 21.5 Å². The first-order valence-electron chi connectivity index (χ1n) is 5.72. The van der Waals surface area contributed by atoms with E-state index in [-0.39, 0.29) is 11.2 Å². The van der Waals surface area contributed by atoms with Crippen molar-refractivity contribution < 1.29 is 4.39 Å². The molecule has 1 rings (SSSR count). The normalized spacial score (nSPS) is 11.9. The summed E-state index contributed by atoms with van der Waals surface area (Å²) in [5.74, 6) is 0.314. The van der Waals surface area contributed by atoms with Gasteiger partial charge in [-0.15, -0.1) is 0 Å². The Labute approximate surface area is 116 Å². The van der Waals surface area contributed by atoms with Gasteiger partial charge in [-0.3, -0.25) is 0 Å². The third kappa shape index (κ3) is 3.72. The highest BCUT2D eigenvalue weighted by Crippen LogP contribution is 2.29. The van der Waals surface area contributed by atoms with Crippen molar-refractivity contribution in [2.75, 3.05) is 17.6 Å². The summed E-state index contributed by atoms with van der Waals surface area (Å²) in [7, 11) is 0. The van der Waals surface area contributed by atoms with Crippen molar-refractivity contribution in [2.24, 2.45) is 11.3 Å². The zero-order valence-electron chi connectivity index (χ0n) is 10.8. The maximum absolute atomic E-state index is 13.4. The van der Waals surface area contributed by atoms with E-state index < -0.39 is 0 Å². The van der Waals surface area contributed by atoms with Gasteiger partial charge in [-0.25, -0.2) is 4.39 Å². The van der Waals surface area contributed by atoms with Gasteiger partial charge in [0.15, 0.2) is 0 Å². The Morgan fingerprint density at radius 1 is 1.41 bits per heavy atom. The van der Waals surface area contributed by atoms with Crippen LogP contribution in [0.4, 0.5) is 15.8 Å². The summed E-state index contributed by atoms with van der Waals surface area (Å²) in [5.41, 5.74) is 7.28. The first-order valence-corrected chi connectivity index (χ1v) is 6.80. The molecule has 0 bridgehead atoms. The van der Waals surface area contributed by atoms with Gasteiger partial charge in [-0.2, -0.15) is 0 Å². The van der Waals surface area contributed by atoms with Crippen LogP contribution < -0.4 is 11.1 Å². The minimum absolute atomic E-state index is 0.145. The zero-order chi connectivity index (χ0) is 13.2. The van der Waals surface area contributed by atoms with E-state index >= 15 is 0 Å². The minimum Gasteiger partial charge on any atom is -0.397 e. The van der Waals surface area contributed by atoms with E-state index in [0.29, 0.717) is 20.9 Å². The average Bonchev–Trinajstić information content (AvgIpc) is 2.21. The zero-order valence-corrected chi connectivity index (χ0v) is 12.9. The molecule has 0 aromatic heterocycles. The Morgan fingerprint density at radius 3 is 2.53 bits per heavy atom. The van der Waals surface area contributed by atoms with Crippen molar-refractivity contribution >= 4 is 34.0 Å². The summed E-state index contributed by atoms with van der Waals surface area (Å²) in [5, 5.41) is 3.23. The summed E-state index contributed by atoms with van der Waals surface area (Å²) < 4.78 is 14.0. The highest BCUT2D eigenvalue weighted by molar-refractivity contribution is 14.1. The lowest BCUT2D eigenvalue weighted by Crippen LogP contribution is -2.28. The van der Waals surface area contributed by atoms with Gasteiger partial charge < -0.3 is 11.1 Å². The molecular formula is C13H20FIN2. The van der Waals surface area contributed by atoms with Crippen LogP contribution in [0.3, 0.4) is 0 Å². The molecule has 17 heavy (non-hydrogen) atoms. The van der Waals surface area contributed by atoms with Gasteiger partial charge in [-0.1, -0.05) is 27.7 Å². The Hall–Kier alpha value is -0.520. The number of benzene rings is 1. The quantitative estimate of drug-likeness (QED) is 0.634. The van der Waals surface area contributed by atoms with Crippen LogP contribution in [0.2, 0.25) is 0 Å². The number of nitrogens with one attached hydrogen (secondary N) is 1. The summed E-state index contributed by atoms with van der Waals surface area (Å²) >= 11 is 1.94. The smallest absolute Gasteiger partial charge is 0.138 e. The summed E-state index contributed by atoms with van der Waals surface area (Å²) in [6.45, 7) is 9.50. The number of anilines is 2. The van der Waals surface area contributed by atoms with Gasteiger partial charge in [-0.05, 0) is 40.0 Å². The molecule has 1 aromatic carbocycles. The SMILES string of the molecule is CC(C)C(C)(C)CNc1cc(F)c(I)cc1N. The van der Waals surface area contributed by atoms with Crippen LogP contribution in [-0.2, 0) is 0 Å². The van der Waals surface area contributed by atoms with Crippen molar-refractivity contribution in [1.82, 2.24) is 0 Å². The maximum Gasteiger partial charge on any atom is 0.138 e. The molecule has 0 heterocycles. The Bertz CT molecular complexity index is 403. The van der Waals surface area contributed by atoms with Crippen LogP contribution in [-0.4, -0.2) is 6.54 Å². The molecule has 96 valence electrons. The number of hydrogen-bond donors (Lipinski definition) is 2. The number of rotatable bonds is 4. The second-order valence-electron chi connectivity index (χ2n) is 5.35. The molecule has 0 saturated carbocycles. The van der Waals surface area contributed by atoms with Crippen LogP contribution in [0.15, 0.2) is 12.1 Å². The van der Waals surface area contributed by atoms with Crippen molar-refractivity contribution in [2.45, 2.75) is 27.7 Å². The van der Waals surface area contributed by atoms with E-state index in [1.165, 1.54) is 6.07 Å². The molecule has 0 aliphatic heterocycles. The van der Waals surface area contributed by atoms with E-state index in [9.17, 15) is 4.39 Å². The monoisotopic (exact) mass is 350 g/mol. The molecule has 0 aliphatic rings. The number of halogens is 2. The molecule has 0 atom stereocenters. The van der Waals surface area contributed by atoms with Crippen LogP contribution in [0, 0.1) is 20.7 Å². The fourth-order valence-electron chi connectivity index (χ4n) is 1.24. The molecule has 4 heteroatoms. The van der Waals surface area contributed by atoms with E-state index in [0.717, 1.165) is 6.54 Å². The van der Waals surface area contributed by atoms with E-state index in [2.05, 4.69) is 33.0 Å². The number of nitrogen functional groups attached to an aromatic ring is 1. The lowest BCUT2D eigenvalue weighted by molar-refractivity contribution is 0.270. The third-order valence-electron chi connectivity index (χ3n) is 3.39. The fraction of sp³-hybridized carbons (Fsp3) is 0.538. The highest BCUT2D eigenvalue weighted by atomic mass is 127. The number of hydrogen-bond acceptors (Lipinski definition) is 2. The summed E-state index contributed by atoms with van der Waals surface area (Å²) in [4.78, 5) is 0. The highest BCUT2D eigenvalue weighted by Gasteiger charge is 2.22. The third-order valence-corrected chi connectivity index (χ3v) is 4.22. The first-order chi connectivity index (χ1) is 7.74. The maximum atomic E-state index is 13.4. The van der Waals surface area contributed by atoms with Gasteiger partial charge in [0.2, 0.25) is 0 Å². The van der Waals surface area contributed by atoms with Crippen molar-refractivity contribution in [3.8, 4) is 0 Å². The fourth-order valence-corrected chi connectivity index (χ4v) is 1.73. The van der Waals surface area contributed by atoms with Gasteiger partial charge in [0.1, 0.15) is 5.82 Å². The van der Waals surface area contributed by atoms with Crippen LogP contribution in [0.1, 0.15) is 27.7 Å². The van der Waals surface area contributed by atoms with Gasteiger partial charge >= 0.3 is 0 Å². The molecule has 0 aliphatic carbocycles. The van der Waals surface area contributed by atoms with E-state index in [1.54, 1.807) is 6.07 Å². The predicted octanol–water partition coefficient (Wildman–Crippen LogP) is 4.11. The van der Waals surface area contributed by atoms with Crippen LogP contribution in [0.25, 0.3) is 0 Å². The van der Waals surface area contributed by atoms with Crippen molar-refractivity contribution in [1.29, 1.82) is 0 Å². The molecule has 0 amide bonds. The molecule has 0 radical (unpaired) electrons. The molecule has 0 fully saturated rings. The lowest BCUT2D eigenvalue weighted by atomic mass is 9.81. The summed E-state index contributed by atoms with van der Waals surface area (Å²) in [6, 6.07) is 3.12. The number of nitrogens with two attached hydrogens (primary N) is 1. The van der Waals surface area contributed by atoms with Crippen molar-refractivity contribution in [3.63, 3.8) is 0 Å². The largest absolute Gasteiger partial charge is 0.397 e. The lowest BCUT2D eigenvalue weighted by Gasteiger charge is -2.30. The second kappa shape index (κ2) is 5.42. The van der Waals surface area contributed by atoms with Gasteiger partial charge in [0.05, 0.1) is 14.9 Å². The van der Waals surface area contributed by atoms with Gasteiger partial charge in [0.25, 0.3) is 0 Å². The topological polar surface area (TPSA) is 38.0 Å². The predicted molar refractivity (Wildman–Crippen MR) is 80.6 cm³/mol. The summed E-state index contributed by atoms with van der Waals surface area (Å²) in [6.07, 6.45) is 0. The molecule has 3 N–H and O–H groups in total. The molecule has 0 saturated heterocycles. The second-order valence-corrected chi connectivity index (χ2v) is 6.51. The molecular weight excluding hydrogens is 330 g/mol. The molecule has 1 aromatic rings. The molecule has 0 spiro atoms. The van der Waals surface area contributed by atoms with Crippen LogP contribution >= 0.6 is 22.6 Å². The Balaban J connectivity index is 2.80. The van der Waals surface area contributed by atoms with Crippen LogP contribution in [0.5, 0.6) is 0 Å². The van der Waals surface area contributed by atoms with E-state index in [4.69, 9.17) is 5.73 Å². The van der Waals surface area contributed by atoms with E-state index in [1.807, 2.05) is 22.6 Å². The standard InChI is InChI=1S/C13H20FIN2/c1-8(2)13(3,4)7-17-12-5-9(14)10(15)6-11(12)16/h5-6,8,17H,7,16H2,1-4H3. The minimum atomic E-state index is -0.232. The molecule has 0 unspecified atom stereocenters. The van der Waals surface area contributed by atoms with Gasteiger partial charge in [0, 0.05) is 12.6 Å². The Morgan fingerprint density at radius 2 is 2.00 bits per heavy atom.